The molecule has 10 heteroatoms. The molecular formula is C19H13ClF3N3O2S. The number of phenols is 1. The second-order valence-electron chi connectivity index (χ2n) is 6.39. The number of aliphatic hydroxyl groups is 1. The highest BCUT2D eigenvalue weighted by Crippen LogP contribution is 2.45. The molecule has 4 rings (SSSR count). The average Bonchev–Trinajstić information content (AvgIpc) is 3.28. The smallest absolute Gasteiger partial charge is 0.438 e. The molecule has 0 spiro atoms. The van der Waals surface area contributed by atoms with Gasteiger partial charge in [-0.3, -0.25) is 0 Å². The van der Waals surface area contributed by atoms with Gasteiger partial charge < -0.3 is 10.2 Å². The second-order valence-corrected chi connectivity index (χ2v) is 7.66. The van der Waals surface area contributed by atoms with Crippen molar-refractivity contribution in [2.45, 2.75) is 18.3 Å². The number of hydrogen-bond donors (Lipinski definition) is 2. The SMILES string of the molecule is Oc1ccccc1C1=NN(c2nc(-c3ccc(Cl)cc3)cs2)C(O)(C(F)(F)F)C1. The van der Waals surface area contributed by atoms with Crippen LogP contribution in [-0.2, 0) is 0 Å². The summed E-state index contributed by atoms with van der Waals surface area (Å²) in [5, 5.41) is 26.9. The molecule has 150 valence electrons. The molecule has 0 amide bonds. The molecular weight excluding hydrogens is 427 g/mol. The van der Waals surface area contributed by atoms with Gasteiger partial charge in [-0.2, -0.15) is 23.3 Å². The van der Waals surface area contributed by atoms with Gasteiger partial charge in [-0.05, 0) is 24.3 Å². The maximum absolute atomic E-state index is 13.8. The molecule has 0 aliphatic carbocycles. The van der Waals surface area contributed by atoms with Gasteiger partial charge in [0.05, 0.1) is 17.8 Å². The molecule has 0 radical (unpaired) electrons. The zero-order valence-electron chi connectivity index (χ0n) is 14.6. The molecule has 0 saturated heterocycles. The summed E-state index contributed by atoms with van der Waals surface area (Å²) < 4.78 is 41.3. The molecule has 1 unspecified atom stereocenters. The van der Waals surface area contributed by atoms with Gasteiger partial charge in [-0.25, -0.2) is 4.98 Å². The zero-order chi connectivity index (χ0) is 20.8. The molecule has 1 atom stereocenters. The van der Waals surface area contributed by atoms with Crippen LogP contribution in [0.15, 0.2) is 59.0 Å². The highest BCUT2D eigenvalue weighted by Gasteiger charge is 2.62. The molecule has 1 aliphatic rings. The minimum absolute atomic E-state index is 0.0915. The summed E-state index contributed by atoms with van der Waals surface area (Å²) in [6.45, 7) is 0. The summed E-state index contributed by atoms with van der Waals surface area (Å²) in [6.07, 6.45) is -5.85. The highest BCUT2D eigenvalue weighted by atomic mass is 35.5. The van der Waals surface area contributed by atoms with Crippen LogP contribution < -0.4 is 5.01 Å². The summed E-state index contributed by atoms with van der Waals surface area (Å²) >= 11 is 6.78. The fourth-order valence-electron chi connectivity index (χ4n) is 2.95. The Morgan fingerprint density at radius 2 is 1.79 bits per heavy atom. The van der Waals surface area contributed by atoms with E-state index in [1.54, 1.807) is 41.8 Å². The number of halogens is 4. The van der Waals surface area contributed by atoms with Crippen molar-refractivity contribution in [3.05, 3.63) is 64.5 Å². The van der Waals surface area contributed by atoms with E-state index in [2.05, 4.69) is 10.1 Å². The number of nitrogens with zero attached hydrogens (tertiary/aromatic N) is 3. The summed E-state index contributed by atoms with van der Waals surface area (Å²) in [7, 11) is 0. The Balaban J connectivity index is 1.77. The summed E-state index contributed by atoms with van der Waals surface area (Å²) in [5.41, 5.74) is -2.16. The number of anilines is 1. The van der Waals surface area contributed by atoms with Crippen LogP contribution in [0, 0.1) is 0 Å². The van der Waals surface area contributed by atoms with Gasteiger partial charge in [0.2, 0.25) is 5.13 Å². The largest absolute Gasteiger partial charge is 0.507 e. The first-order valence-electron chi connectivity index (χ1n) is 8.36. The third-order valence-corrected chi connectivity index (χ3v) is 5.54. The number of aromatic hydroxyl groups is 1. The van der Waals surface area contributed by atoms with E-state index in [1.165, 1.54) is 12.1 Å². The highest BCUT2D eigenvalue weighted by molar-refractivity contribution is 7.14. The van der Waals surface area contributed by atoms with Crippen molar-refractivity contribution in [2.75, 3.05) is 5.01 Å². The fourth-order valence-corrected chi connectivity index (χ4v) is 3.92. The van der Waals surface area contributed by atoms with Gasteiger partial charge in [0.25, 0.3) is 5.72 Å². The Kier molecular flexibility index (Phi) is 4.76. The lowest BCUT2D eigenvalue weighted by atomic mass is 10.0. The number of aromatic nitrogens is 1. The monoisotopic (exact) mass is 439 g/mol. The molecule has 2 N–H and O–H groups in total. The normalized spacial score (nSPS) is 19.5. The number of alkyl halides is 3. The number of hydrazone groups is 1. The predicted molar refractivity (Wildman–Crippen MR) is 105 cm³/mol. The third kappa shape index (κ3) is 3.45. The lowest BCUT2D eigenvalue weighted by Gasteiger charge is -2.32. The van der Waals surface area contributed by atoms with Crippen molar-refractivity contribution >= 4 is 33.8 Å². The fraction of sp³-hybridized carbons (Fsp3) is 0.158. The van der Waals surface area contributed by atoms with Crippen LogP contribution in [0.1, 0.15) is 12.0 Å². The first-order chi connectivity index (χ1) is 13.7. The summed E-state index contributed by atoms with van der Waals surface area (Å²) in [5.74, 6) is -0.224. The van der Waals surface area contributed by atoms with Gasteiger partial charge in [-0.1, -0.05) is 35.9 Å². The number of thiazole rings is 1. The molecule has 0 fully saturated rings. The maximum Gasteiger partial charge on any atom is 0.438 e. The first kappa shape index (κ1) is 19.7. The molecule has 5 nitrogen and oxygen atoms in total. The molecule has 1 aromatic heterocycles. The van der Waals surface area contributed by atoms with Crippen LogP contribution >= 0.6 is 22.9 Å². The Bertz CT molecular complexity index is 1080. The van der Waals surface area contributed by atoms with Crippen molar-refractivity contribution < 1.29 is 23.4 Å². The number of phenolic OH excluding ortho intramolecular Hbond substituents is 1. The van der Waals surface area contributed by atoms with Crippen LogP contribution in [0.3, 0.4) is 0 Å². The lowest BCUT2D eigenvalue weighted by molar-refractivity contribution is -0.254. The average molecular weight is 440 g/mol. The van der Waals surface area contributed by atoms with E-state index in [-0.39, 0.29) is 22.2 Å². The van der Waals surface area contributed by atoms with E-state index >= 15 is 0 Å². The topological polar surface area (TPSA) is 69.0 Å². The van der Waals surface area contributed by atoms with Crippen LogP contribution in [0.2, 0.25) is 5.02 Å². The minimum Gasteiger partial charge on any atom is -0.507 e. The van der Waals surface area contributed by atoms with E-state index in [1.807, 2.05) is 0 Å². The van der Waals surface area contributed by atoms with Gasteiger partial charge in [0.1, 0.15) is 5.75 Å². The van der Waals surface area contributed by atoms with Crippen molar-refractivity contribution in [1.82, 2.24) is 4.98 Å². The molecule has 0 bridgehead atoms. The molecule has 1 aliphatic heterocycles. The van der Waals surface area contributed by atoms with E-state index in [0.717, 1.165) is 11.3 Å². The summed E-state index contributed by atoms with van der Waals surface area (Å²) in [4.78, 5) is 4.22. The molecule has 29 heavy (non-hydrogen) atoms. The number of para-hydroxylation sites is 1. The van der Waals surface area contributed by atoms with Crippen LogP contribution in [0.25, 0.3) is 11.3 Å². The predicted octanol–water partition coefficient (Wildman–Crippen LogP) is 5.03. The Morgan fingerprint density at radius 3 is 2.45 bits per heavy atom. The van der Waals surface area contributed by atoms with Gasteiger partial charge in [0.15, 0.2) is 0 Å². The van der Waals surface area contributed by atoms with Crippen molar-refractivity contribution in [1.29, 1.82) is 0 Å². The van der Waals surface area contributed by atoms with E-state index in [9.17, 15) is 23.4 Å². The Labute approximate surface area is 172 Å². The minimum atomic E-state index is -5.01. The molecule has 0 saturated carbocycles. The van der Waals surface area contributed by atoms with Crippen molar-refractivity contribution in [3.63, 3.8) is 0 Å². The van der Waals surface area contributed by atoms with Crippen molar-refractivity contribution in [3.8, 4) is 17.0 Å². The van der Waals surface area contributed by atoms with Gasteiger partial charge in [0, 0.05) is 21.5 Å². The van der Waals surface area contributed by atoms with Gasteiger partial charge >= 0.3 is 6.18 Å². The zero-order valence-corrected chi connectivity index (χ0v) is 16.1. The Hall–Kier alpha value is -2.62. The third-order valence-electron chi connectivity index (χ3n) is 4.47. The van der Waals surface area contributed by atoms with E-state index in [0.29, 0.717) is 21.3 Å². The molecule has 2 aromatic carbocycles. The van der Waals surface area contributed by atoms with Crippen LogP contribution in [0.5, 0.6) is 5.75 Å². The Morgan fingerprint density at radius 1 is 1.10 bits per heavy atom. The molecule has 3 aromatic rings. The maximum atomic E-state index is 13.8. The summed E-state index contributed by atoms with van der Waals surface area (Å²) in [6, 6.07) is 12.6. The standard InChI is InChI=1S/C19H13ClF3N3O2S/c20-12-7-5-11(6-8-12)15-10-29-17(24-15)26-18(28,19(21,22)23)9-14(25-26)13-3-1-2-4-16(13)27/h1-8,10,27-28H,9H2. The van der Waals surface area contributed by atoms with E-state index in [4.69, 9.17) is 11.6 Å². The number of rotatable bonds is 3. The number of hydrogen-bond acceptors (Lipinski definition) is 6. The quantitative estimate of drug-likeness (QED) is 0.600. The number of benzene rings is 2. The van der Waals surface area contributed by atoms with Gasteiger partial charge in [-0.15, -0.1) is 11.3 Å². The van der Waals surface area contributed by atoms with Crippen molar-refractivity contribution in [2.24, 2.45) is 5.10 Å². The van der Waals surface area contributed by atoms with Crippen LogP contribution in [-0.4, -0.2) is 32.8 Å². The first-order valence-corrected chi connectivity index (χ1v) is 9.61. The second kappa shape index (κ2) is 7.01. The van der Waals surface area contributed by atoms with Crippen LogP contribution in [0.4, 0.5) is 18.3 Å². The molecule has 2 heterocycles. The van der Waals surface area contributed by atoms with E-state index < -0.39 is 18.3 Å². The lowest BCUT2D eigenvalue weighted by Crippen LogP contribution is -2.55.